The minimum absolute atomic E-state index is 0.150. The summed E-state index contributed by atoms with van der Waals surface area (Å²) in [6, 6.07) is 7.11. The van der Waals surface area contributed by atoms with Crippen LogP contribution in [0.25, 0.3) is 0 Å². The third-order valence-corrected chi connectivity index (χ3v) is 5.33. The smallest absolute Gasteiger partial charge is 0.230 e. The molecule has 8 heteroatoms. The summed E-state index contributed by atoms with van der Waals surface area (Å²) in [5.74, 6) is -0.338. The fourth-order valence-corrected chi connectivity index (χ4v) is 3.68. The molecule has 0 atom stereocenters. The van der Waals surface area contributed by atoms with Crippen LogP contribution in [0.1, 0.15) is 11.3 Å². The number of carbonyl (C=O) groups is 2. The van der Waals surface area contributed by atoms with Gasteiger partial charge in [-0.2, -0.15) is 0 Å². The number of rotatable bonds is 6. The Labute approximate surface area is 141 Å². The summed E-state index contributed by atoms with van der Waals surface area (Å²) in [5.41, 5.74) is 6.77. The number of hydrogen-bond donors (Lipinski definition) is 2. The Hall–Kier alpha value is -1.57. The van der Waals surface area contributed by atoms with Crippen molar-refractivity contribution in [1.29, 1.82) is 0 Å². The molecule has 1 aromatic heterocycles. The van der Waals surface area contributed by atoms with E-state index in [-0.39, 0.29) is 24.0 Å². The lowest BCUT2D eigenvalue weighted by molar-refractivity contribution is -0.116. The highest BCUT2D eigenvalue weighted by molar-refractivity contribution is 8.01. The molecule has 0 spiro atoms. The second-order valence-corrected chi connectivity index (χ2v) is 7.18. The van der Waals surface area contributed by atoms with E-state index in [0.717, 1.165) is 15.5 Å². The zero-order valence-electron chi connectivity index (χ0n) is 11.8. The van der Waals surface area contributed by atoms with Crippen LogP contribution in [0, 0.1) is 6.92 Å². The Kier molecular flexibility index (Phi) is 5.82. The molecule has 0 radical (unpaired) electrons. The van der Waals surface area contributed by atoms with Gasteiger partial charge in [-0.25, -0.2) is 4.98 Å². The highest BCUT2D eigenvalue weighted by Crippen LogP contribution is 2.31. The van der Waals surface area contributed by atoms with E-state index >= 15 is 0 Å². The molecular weight excluding hydrogens is 342 g/mol. The number of carbonyl (C=O) groups excluding carboxylic acids is 2. The molecule has 5 nitrogen and oxygen atoms in total. The summed E-state index contributed by atoms with van der Waals surface area (Å²) in [7, 11) is 0. The van der Waals surface area contributed by atoms with Crippen LogP contribution in [0.2, 0.25) is 5.02 Å². The van der Waals surface area contributed by atoms with Gasteiger partial charge in [0, 0.05) is 5.02 Å². The van der Waals surface area contributed by atoms with Crippen molar-refractivity contribution >= 4 is 51.6 Å². The Bertz CT molecular complexity index is 686. The summed E-state index contributed by atoms with van der Waals surface area (Å²) >= 11 is 8.46. The fraction of sp³-hybridized carbons (Fsp3) is 0.214. The second-order valence-electron chi connectivity index (χ2n) is 4.50. The van der Waals surface area contributed by atoms with Crippen molar-refractivity contribution < 1.29 is 9.59 Å². The highest BCUT2D eigenvalue weighted by atomic mass is 35.5. The average molecular weight is 356 g/mol. The second kappa shape index (κ2) is 7.62. The number of benzene rings is 1. The number of nitrogens with two attached hydrogens (primary N) is 1. The van der Waals surface area contributed by atoms with Gasteiger partial charge in [-0.3, -0.25) is 9.59 Å². The number of anilines is 1. The number of thioether (sulfide) groups is 1. The van der Waals surface area contributed by atoms with Gasteiger partial charge in [-0.1, -0.05) is 35.1 Å². The lowest BCUT2D eigenvalue weighted by atomic mass is 10.1. The van der Waals surface area contributed by atoms with Crippen molar-refractivity contribution in [3.05, 3.63) is 40.5 Å². The molecule has 0 unspecified atom stereocenters. The molecule has 0 aliphatic rings. The minimum Gasteiger partial charge on any atom is -0.369 e. The third-order valence-electron chi connectivity index (χ3n) is 2.62. The van der Waals surface area contributed by atoms with E-state index in [0.29, 0.717) is 10.2 Å². The molecule has 116 valence electrons. The maximum Gasteiger partial charge on any atom is 0.230 e. The molecule has 0 aliphatic heterocycles. The molecule has 22 heavy (non-hydrogen) atoms. The fourth-order valence-electron chi connectivity index (χ4n) is 1.66. The molecule has 3 N–H and O–H groups in total. The lowest BCUT2D eigenvalue weighted by Gasteiger charge is -2.02. The maximum atomic E-state index is 12.0. The summed E-state index contributed by atoms with van der Waals surface area (Å²) < 4.78 is 0.876. The lowest BCUT2D eigenvalue weighted by Crippen LogP contribution is -2.14. The van der Waals surface area contributed by atoms with Crippen molar-refractivity contribution in [1.82, 2.24) is 4.98 Å². The Balaban J connectivity index is 1.95. The molecule has 2 rings (SSSR count). The van der Waals surface area contributed by atoms with Crippen LogP contribution in [0.4, 0.5) is 5.13 Å². The van der Waals surface area contributed by atoms with Crippen LogP contribution in [0.5, 0.6) is 0 Å². The van der Waals surface area contributed by atoms with Crippen LogP contribution in [0.3, 0.4) is 0 Å². The van der Waals surface area contributed by atoms with Gasteiger partial charge < -0.3 is 11.1 Å². The first kappa shape index (κ1) is 16.8. The SMILES string of the molecule is Cc1nc(NC(=O)Cc2ccc(Cl)cc2)sc1SCC(N)=O. The summed E-state index contributed by atoms with van der Waals surface area (Å²) in [5, 5.41) is 3.91. The predicted octanol–water partition coefficient (Wildman–Crippen LogP) is 2.86. The van der Waals surface area contributed by atoms with Crippen LogP contribution < -0.4 is 11.1 Å². The molecule has 0 saturated carbocycles. The molecule has 0 bridgehead atoms. The van der Waals surface area contributed by atoms with Gasteiger partial charge in [0.15, 0.2) is 5.13 Å². The first-order chi connectivity index (χ1) is 10.4. The topological polar surface area (TPSA) is 85.1 Å². The quantitative estimate of drug-likeness (QED) is 0.780. The molecule has 1 aromatic carbocycles. The van der Waals surface area contributed by atoms with Gasteiger partial charge in [-0.05, 0) is 24.6 Å². The molecular formula is C14H14ClN3O2S2. The number of thiazole rings is 1. The molecule has 2 amide bonds. The van der Waals surface area contributed by atoms with Crippen molar-refractivity contribution in [2.24, 2.45) is 5.73 Å². The van der Waals surface area contributed by atoms with Gasteiger partial charge in [0.1, 0.15) is 0 Å². The van der Waals surface area contributed by atoms with Gasteiger partial charge in [0.2, 0.25) is 11.8 Å². The number of primary amides is 1. The van der Waals surface area contributed by atoms with Gasteiger partial charge in [-0.15, -0.1) is 11.8 Å². The number of amides is 2. The third kappa shape index (κ3) is 5.01. The molecule has 0 fully saturated rings. The van der Waals surface area contributed by atoms with Crippen molar-refractivity contribution in [3.8, 4) is 0 Å². The number of halogens is 1. The molecule has 2 aromatic rings. The van der Waals surface area contributed by atoms with Gasteiger partial charge in [0.25, 0.3) is 0 Å². The van der Waals surface area contributed by atoms with E-state index in [9.17, 15) is 9.59 Å². The molecule has 0 aliphatic carbocycles. The van der Waals surface area contributed by atoms with Crippen LogP contribution in [-0.2, 0) is 16.0 Å². The van der Waals surface area contributed by atoms with Gasteiger partial charge >= 0.3 is 0 Å². The monoisotopic (exact) mass is 355 g/mol. The minimum atomic E-state index is -0.383. The van der Waals surface area contributed by atoms with E-state index in [1.165, 1.54) is 23.1 Å². The first-order valence-electron chi connectivity index (χ1n) is 6.37. The highest BCUT2D eigenvalue weighted by Gasteiger charge is 2.12. The van der Waals surface area contributed by atoms with E-state index in [1.807, 2.05) is 19.1 Å². The van der Waals surface area contributed by atoms with Crippen molar-refractivity contribution in [2.45, 2.75) is 17.6 Å². The molecule has 1 heterocycles. The van der Waals surface area contributed by atoms with E-state index in [1.54, 1.807) is 12.1 Å². The number of hydrogen-bond acceptors (Lipinski definition) is 5. The maximum absolute atomic E-state index is 12.0. The standard InChI is InChI=1S/C14H14ClN3O2S2/c1-8-13(21-7-11(16)19)22-14(17-8)18-12(20)6-9-2-4-10(15)5-3-9/h2-5H,6-7H2,1H3,(H2,16,19)(H,17,18,20). The number of nitrogens with zero attached hydrogens (tertiary/aromatic N) is 1. The zero-order chi connectivity index (χ0) is 16.1. The number of aryl methyl sites for hydroxylation is 1. The summed E-state index contributed by atoms with van der Waals surface area (Å²) in [6.45, 7) is 1.83. The summed E-state index contributed by atoms with van der Waals surface area (Å²) in [6.07, 6.45) is 0.250. The zero-order valence-corrected chi connectivity index (χ0v) is 14.1. The van der Waals surface area contributed by atoms with E-state index in [4.69, 9.17) is 17.3 Å². The Morgan fingerprint density at radius 3 is 2.68 bits per heavy atom. The molecule has 0 saturated heterocycles. The largest absolute Gasteiger partial charge is 0.369 e. The first-order valence-corrected chi connectivity index (χ1v) is 8.55. The predicted molar refractivity (Wildman–Crippen MR) is 90.6 cm³/mol. The Morgan fingerprint density at radius 2 is 2.05 bits per heavy atom. The number of aromatic nitrogens is 1. The van der Waals surface area contributed by atoms with Crippen LogP contribution in [-0.4, -0.2) is 22.6 Å². The van der Waals surface area contributed by atoms with E-state index in [2.05, 4.69) is 10.3 Å². The Morgan fingerprint density at radius 1 is 1.36 bits per heavy atom. The average Bonchev–Trinajstić information content (AvgIpc) is 2.79. The van der Waals surface area contributed by atoms with Crippen LogP contribution in [0.15, 0.2) is 28.5 Å². The van der Waals surface area contributed by atoms with Gasteiger partial charge in [0.05, 0.1) is 22.1 Å². The number of nitrogens with one attached hydrogen (secondary N) is 1. The van der Waals surface area contributed by atoms with Crippen molar-refractivity contribution in [3.63, 3.8) is 0 Å². The normalized spacial score (nSPS) is 10.5. The van der Waals surface area contributed by atoms with Crippen molar-refractivity contribution in [2.75, 3.05) is 11.1 Å². The van der Waals surface area contributed by atoms with E-state index < -0.39 is 0 Å². The summed E-state index contributed by atoms with van der Waals surface area (Å²) in [4.78, 5) is 27.1. The van der Waals surface area contributed by atoms with Crippen LogP contribution >= 0.6 is 34.7 Å².